The topological polar surface area (TPSA) is 6.48 Å². The third-order valence-electron chi connectivity index (χ3n) is 4.60. The Morgan fingerprint density at radius 1 is 1.22 bits per heavy atom. The van der Waals surface area contributed by atoms with E-state index in [-0.39, 0.29) is 0 Å². The van der Waals surface area contributed by atoms with Crippen molar-refractivity contribution in [1.29, 1.82) is 0 Å². The zero-order valence-electron chi connectivity index (χ0n) is 11.5. The van der Waals surface area contributed by atoms with Crippen LogP contribution in [0.3, 0.4) is 0 Å². The van der Waals surface area contributed by atoms with Crippen LogP contribution in [0.25, 0.3) is 0 Å². The second-order valence-corrected chi connectivity index (χ2v) is 6.10. The van der Waals surface area contributed by atoms with Crippen LogP contribution in [-0.2, 0) is 6.54 Å². The van der Waals surface area contributed by atoms with Gasteiger partial charge in [0.1, 0.15) is 0 Å². The normalized spacial score (nSPS) is 32.1. The number of rotatable bonds is 4. The zero-order chi connectivity index (χ0) is 12.5. The van der Waals surface area contributed by atoms with E-state index in [1.165, 1.54) is 31.4 Å². The Morgan fingerprint density at radius 2 is 2.00 bits per heavy atom. The van der Waals surface area contributed by atoms with Gasteiger partial charge in [-0.15, -0.1) is 0 Å². The van der Waals surface area contributed by atoms with Crippen molar-refractivity contribution in [3.63, 3.8) is 0 Å². The average molecular weight is 244 g/mol. The molecule has 1 aromatic carbocycles. The Hall–Kier alpha value is -0.860. The molecular weight excluding hydrogens is 220 g/mol. The first-order chi connectivity index (χ1) is 8.75. The molecule has 3 atom stereocenters. The number of nitrogens with zero attached hydrogens (tertiary/aromatic N) is 2. The Labute approximate surface area is 111 Å². The van der Waals surface area contributed by atoms with Gasteiger partial charge in [0.15, 0.2) is 0 Å². The summed E-state index contributed by atoms with van der Waals surface area (Å²) in [5, 5.41) is 0. The maximum Gasteiger partial charge on any atom is 0.0236 e. The van der Waals surface area contributed by atoms with Crippen LogP contribution in [0.4, 0.5) is 0 Å². The summed E-state index contributed by atoms with van der Waals surface area (Å²) in [6, 6.07) is 12.6. The molecule has 2 heteroatoms. The lowest BCUT2D eigenvalue weighted by molar-refractivity contribution is 0.207. The lowest BCUT2D eigenvalue weighted by atomic mass is 10.1. The van der Waals surface area contributed by atoms with E-state index in [1.54, 1.807) is 0 Å². The summed E-state index contributed by atoms with van der Waals surface area (Å²) in [6.07, 6.45) is 4.19. The predicted octanol–water partition coefficient (Wildman–Crippen LogP) is 2.60. The summed E-state index contributed by atoms with van der Waals surface area (Å²) < 4.78 is 0. The molecule has 1 aliphatic heterocycles. The highest BCUT2D eigenvalue weighted by atomic mass is 15.2. The summed E-state index contributed by atoms with van der Waals surface area (Å²) in [4.78, 5) is 5.12. The zero-order valence-corrected chi connectivity index (χ0v) is 11.5. The van der Waals surface area contributed by atoms with Crippen LogP contribution in [0.15, 0.2) is 30.3 Å². The van der Waals surface area contributed by atoms with Crippen molar-refractivity contribution < 1.29 is 0 Å². The highest BCUT2D eigenvalue weighted by Gasteiger charge is 2.47. The molecule has 98 valence electrons. The third kappa shape index (κ3) is 2.45. The fourth-order valence-corrected chi connectivity index (χ4v) is 3.56. The van der Waals surface area contributed by atoms with E-state index in [2.05, 4.69) is 54.2 Å². The van der Waals surface area contributed by atoms with Gasteiger partial charge in [-0.25, -0.2) is 0 Å². The van der Waals surface area contributed by atoms with Crippen LogP contribution in [0.5, 0.6) is 0 Å². The van der Waals surface area contributed by atoms with Crippen molar-refractivity contribution in [2.24, 2.45) is 5.92 Å². The molecule has 1 aliphatic carbocycles. The Bertz CT molecular complexity index is 387. The molecule has 1 saturated carbocycles. The number of benzene rings is 1. The van der Waals surface area contributed by atoms with E-state index in [4.69, 9.17) is 0 Å². The van der Waals surface area contributed by atoms with Gasteiger partial charge in [0, 0.05) is 18.6 Å². The second kappa shape index (κ2) is 5.02. The van der Waals surface area contributed by atoms with Crippen LogP contribution < -0.4 is 0 Å². The van der Waals surface area contributed by atoms with Crippen molar-refractivity contribution in [2.45, 2.75) is 37.9 Å². The molecule has 18 heavy (non-hydrogen) atoms. The van der Waals surface area contributed by atoms with Gasteiger partial charge in [-0.2, -0.15) is 0 Å². The monoisotopic (exact) mass is 244 g/mol. The minimum absolute atomic E-state index is 0.831. The van der Waals surface area contributed by atoms with Crippen molar-refractivity contribution in [3.05, 3.63) is 35.9 Å². The van der Waals surface area contributed by atoms with Crippen LogP contribution in [0, 0.1) is 5.92 Å². The van der Waals surface area contributed by atoms with Crippen LogP contribution in [0.1, 0.15) is 24.8 Å². The van der Waals surface area contributed by atoms with Crippen LogP contribution in [0.2, 0.25) is 0 Å². The minimum atomic E-state index is 0.831. The number of hydrogen-bond donors (Lipinski definition) is 0. The van der Waals surface area contributed by atoms with Gasteiger partial charge in [0.2, 0.25) is 0 Å². The van der Waals surface area contributed by atoms with Crippen molar-refractivity contribution >= 4 is 0 Å². The quantitative estimate of drug-likeness (QED) is 0.803. The van der Waals surface area contributed by atoms with Crippen molar-refractivity contribution in [2.75, 3.05) is 20.6 Å². The minimum Gasteiger partial charge on any atom is -0.306 e. The van der Waals surface area contributed by atoms with E-state index in [9.17, 15) is 0 Å². The Morgan fingerprint density at radius 3 is 2.67 bits per heavy atom. The smallest absolute Gasteiger partial charge is 0.0236 e. The first-order valence-corrected chi connectivity index (χ1v) is 7.20. The molecule has 0 spiro atoms. The van der Waals surface area contributed by atoms with Gasteiger partial charge in [-0.3, -0.25) is 4.90 Å². The lowest BCUT2D eigenvalue weighted by Gasteiger charge is -2.25. The Kier molecular flexibility index (Phi) is 3.40. The fraction of sp³-hybridized carbons (Fsp3) is 0.625. The molecular formula is C16H24N2. The van der Waals surface area contributed by atoms with E-state index < -0.39 is 0 Å². The first-order valence-electron chi connectivity index (χ1n) is 7.20. The van der Waals surface area contributed by atoms with Gasteiger partial charge < -0.3 is 4.90 Å². The molecule has 2 fully saturated rings. The molecule has 1 saturated heterocycles. The molecule has 3 rings (SSSR count). The molecule has 0 amide bonds. The fourth-order valence-electron chi connectivity index (χ4n) is 3.56. The van der Waals surface area contributed by atoms with E-state index in [0.29, 0.717) is 0 Å². The number of hydrogen-bond acceptors (Lipinski definition) is 2. The largest absolute Gasteiger partial charge is 0.306 e. The molecule has 2 aliphatic rings. The first kappa shape index (κ1) is 12.2. The second-order valence-electron chi connectivity index (χ2n) is 6.10. The van der Waals surface area contributed by atoms with E-state index >= 15 is 0 Å². The van der Waals surface area contributed by atoms with Gasteiger partial charge in [0.25, 0.3) is 0 Å². The molecule has 0 N–H and O–H groups in total. The van der Waals surface area contributed by atoms with Crippen molar-refractivity contribution in [1.82, 2.24) is 9.80 Å². The summed E-state index contributed by atoms with van der Waals surface area (Å²) >= 11 is 0. The highest BCUT2D eigenvalue weighted by molar-refractivity contribution is 5.15. The molecule has 1 heterocycles. The summed E-state index contributed by atoms with van der Waals surface area (Å²) in [7, 11) is 4.45. The third-order valence-corrected chi connectivity index (χ3v) is 4.60. The van der Waals surface area contributed by atoms with Crippen molar-refractivity contribution in [3.8, 4) is 0 Å². The van der Waals surface area contributed by atoms with Gasteiger partial charge in [0.05, 0.1) is 0 Å². The maximum atomic E-state index is 2.71. The molecule has 0 radical (unpaired) electrons. The van der Waals surface area contributed by atoms with Gasteiger partial charge in [-0.05, 0) is 51.4 Å². The Balaban J connectivity index is 1.62. The lowest BCUT2D eigenvalue weighted by Crippen LogP contribution is -2.33. The van der Waals surface area contributed by atoms with E-state index in [1.807, 2.05) is 0 Å². The molecule has 1 aromatic rings. The molecule has 0 aromatic heterocycles. The summed E-state index contributed by atoms with van der Waals surface area (Å²) in [5.74, 6) is 0.922. The number of likely N-dealkylation sites (tertiary alicyclic amines) is 1. The average Bonchev–Trinajstić information content (AvgIpc) is 3.05. The standard InChI is InChI=1S/C16H24N2/c1-17(2)16-11-14(16)15-9-6-10-18(15)12-13-7-4-3-5-8-13/h3-5,7-8,14-16H,6,9-12H2,1-2H3. The highest BCUT2D eigenvalue weighted by Crippen LogP contribution is 2.43. The SMILES string of the molecule is CN(C)C1CC1C1CCCN1Cc1ccccc1. The molecule has 3 unspecified atom stereocenters. The maximum absolute atomic E-state index is 2.71. The van der Waals surface area contributed by atoms with Gasteiger partial charge >= 0.3 is 0 Å². The van der Waals surface area contributed by atoms with E-state index in [0.717, 1.165) is 24.5 Å². The predicted molar refractivity (Wildman–Crippen MR) is 75.5 cm³/mol. The van der Waals surface area contributed by atoms with Gasteiger partial charge in [-0.1, -0.05) is 30.3 Å². The summed E-state index contributed by atoms with van der Waals surface area (Å²) in [5.41, 5.74) is 1.46. The van der Waals surface area contributed by atoms with Crippen LogP contribution >= 0.6 is 0 Å². The molecule has 0 bridgehead atoms. The molecule has 2 nitrogen and oxygen atoms in total. The summed E-state index contributed by atoms with van der Waals surface area (Å²) in [6.45, 7) is 2.43. The van der Waals surface area contributed by atoms with Crippen LogP contribution in [-0.4, -0.2) is 42.5 Å².